The molecule has 352 valence electrons. The van der Waals surface area contributed by atoms with E-state index in [9.17, 15) is 159 Å². The fourth-order valence-corrected chi connectivity index (χ4v) is 2.60. The van der Waals surface area contributed by atoms with Crippen LogP contribution >= 0.6 is 0 Å². The van der Waals surface area contributed by atoms with Crippen molar-refractivity contribution in [3.63, 3.8) is 0 Å². The molecular weight excluding hydrogens is 954 g/mol. The summed E-state index contributed by atoms with van der Waals surface area (Å²) in [5.41, 5.74) is 0. The molecule has 0 bridgehead atoms. The van der Waals surface area contributed by atoms with Gasteiger partial charge in [-0.25, -0.2) is 9.59 Å². The van der Waals surface area contributed by atoms with E-state index in [1.807, 2.05) is 0 Å². The summed E-state index contributed by atoms with van der Waals surface area (Å²) in [6.45, 7) is 0. The number of carboxylic acid groups (broad SMARTS) is 2. The van der Waals surface area contributed by atoms with E-state index in [1.54, 1.807) is 0 Å². The van der Waals surface area contributed by atoms with Crippen LogP contribution in [0, 0.1) is 0 Å². The average Bonchev–Trinajstić information content (AvgIpc) is 2.94. The van der Waals surface area contributed by atoms with Crippen molar-refractivity contribution in [2.75, 3.05) is 0 Å². The number of aliphatic carboxylic acids is 2. The first-order valence-corrected chi connectivity index (χ1v) is 11.3. The fraction of sp³-hybridized carbons (Fsp3) is 0.889. The van der Waals surface area contributed by atoms with Crippen LogP contribution in [0.3, 0.4) is 0 Å². The lowest BCUT2D eigenvalue weighted by Gasteiger charge is -2.42. The smallest absolute Gasteiger partial charge is 0.460 e. The highest BCUT2D eigenvalue weighted by molar-refractivity contribution is 5.77. The Bertz CT molecular complexity index is 1350. The Morgan fingerprint density at radius 3 is 0.431 bits per heavy atom. The molecule has 0 saturated carbocycles. The molecule has 0 unspecified atom stereocenters. The normalized spacial score (nSPS) is 15.8. The second-order valence-electron chi connectivity index (χ2n) is 9.65. The molecule has 0 aliphatic rings. The first-order chi connectivity index (χ1) is 23.4. The van der Waals surface area contributed by atoms with Gasteiger partial charge in [-0.3, -0.25) is 0 Å². The van der Waals surface area contributed by atoms with Crippen LogP contribution in [0.4, 0.5) is 149 Å². The predicted octanol–water partition coefficient (Wildman–Crippen LogP) is 10.5. The molecule has 0 spiro atoms. The van der Waals surface area contributed by atoms with Crippen molar-refractivity contribution in [3.8, 4) is 0 Å². The van der Waals surface area contributed by atoms with Crippen LogP contribution in [0.5, 0.6) is 0 Å². The van der Waals surface area contributed by atoms with E-state index in [4.69, 9.17) is 10.2 Å². The Balaban J connectivity index is -0.000000486. The second-order valence-corrected chi connectivity index (χ2v) is 9.65. The highest BCUT2D eigenvalue weighted by Crippen LogP contribution is 2.66. The molecule has 40 heteroatoms. The topological polar surface area (TPSA) is 145 Å². The Morgan fingerprint density at radius 2 is 0.328 bits per heavy atom. The molecule has 0 aliphatic heterocycles. The zero-order chi connectivity index (χ0) is 47.2. The lowest BCUT2D eigenvalue weighted by Crippen LogP contribution is -2.75. The minimum atomic E-state index is -8.76. The van der Waals surface area contributed by atoms with Crippen LogP contribution in [0.2, 0.25) is 0 Å². The van der Waals surface area contributed by atoms with Crippen LogP contribution in [0.25, 0.3) is 0 Å². The predicted molar refractivity (Wildman–Crippen MR) is 107 cm³/mol. The van der Waals surface area contributed by atoms with Gasteiger partial charge in [-0.1, -0.05) is 0 Å². The molecule has 58 heavy (non-hydrogen) atoms. The van der Waals surface area contributed by atoms with Crippen LogP contribution < -0.4 is 12.3 Å². The molecule has 0 aromatic heterocycles. The van der Waals surface area contributed by atoms with E-state index in [-0.39, 0.29) is 12.3 Å². The third-order valence-electron chi connectivity index (χ3n) is 5.98. The maximum atomic E-state index is 13.0. The lowest BCUT2D eigenvalue weighted by atomic mass is 9.89. The summed E-state index contributed by atoms with van der Waals surface area (Å²) in [7, 11) is 0. The zero-order valence-electron chi connectivity index (χ0n) is 25.0. The molecule has 0 radical (unpaired) electrons. The molecule has 0 rings (SSSR count). The van der Waals surface area contributed by atoms with Crippen molar-refractivity contribution in [3.05, 3.63) is 0 Å². The van der Waals surface area contributed by atoms with Gasteiger partial charge < -0.3 is 22.5 Å². The number of hydrogen-bond acceptors (Lipinski definition) is 4. The van der Waals surface area contributed by atoms with Crippen LogP contribution in [0.1, 0.15) is 0 Å². The van der Waals surface area contributed by atoms with Crippen LogP contribution in [-0.2, 0) is 9.59 Å². The SMILES string of the molecule is N.N.O=C(O)C(F)(F)C(F)(F)C(F)(F)C(F)(F)C(F)(F)C(F)(F)C(F)(F)C(F)(F)F.O=C(O)C(F)(F)C(F)(F)C(F)(F)C(F)(F)C(F)(F)C(F)(F)C(F)(F)C(F)(F)F. The number of alkyl halides is 34. The van der Waals surface area contributed by atoms with Crippen molar-refractivity contribution in [2.45, 2.75) is 95.3 Å². The summed E-state index contributed by atoms with van der Waals surface area (Å²) >= 11 is 0. The van der Waals surface area contributed by atoms with E-state index >= 15 is 0 Å². The maximum Gasteiger partial charge on any atom is 0.460 e. The van der Waals surface area contributed by atoms with E-state index in [0.717, 1.165) is 0 Å². The summed E-state index contributed by atoms with van der Waals surface area (Å²) in [4.78, 5) is 19.5. The van der Waals surface area contributed by atoms with E-state index in [0.29, 0.717) is 0 Å². The quantitative estimate of drug-likeness (QED) is 0.128. The van der Waals surface area contributed by atoms with Crippen molar-refractivity contribution >= 4 is 11.9 Å². The third kappa shape index (κ3) is 7.69. The minimum absolute atomic E-state index is 0. The molecule has 6 nitrogen and oxygen atoms in total. The summed E-state index contributed by atoms with van der Waals surface area (Å²) in [6, 6.07) is 0. The fourth-order valence-electron chi connectivity index (χ4n) is 2.60. The molecule has 0 fully saturated rings. The zero-order valence-corrected chi connectivity index (χ0v) is 25.0. The first kappa shape index (κ1) is 61.1. The highest BCUT2D eigenvalue weighted by atomic mass is 19.4. The minimum Gasteiger partial charge on any atom is -0.477 e. The summed E-state index contributed by atoms with van der Waals surface area (Å²) in [6.07, 6.45) is -15.7. The molecule has 0 amide bonds. The number of hydrogen-bond donors (Lipinski definition) is 4. The monoisotopic (exact) mass is 962 g/mol. The van der Waals surface area contributed by atoms with Crippen molar-refractivity contribution in [1.29, 1.82) is 0 Å². The average molecular weight is 962 g/mol. The van der Waals surface area contributed by atoms with Crippen molar-refractivity contribution < 1.29 is 169 Å². The molecule has 0 heterocycles. The van der Waals surface area contributed by atoms with E-state index in [1.165, 1.54) is 0 Å². The Morgan fingerprint density at radius 1 is 0.224 bits per heavy atom. The molecule has 0 atom stereocenters. The van der Waals surface area contributed by atoms with Gasteiger partial charge >= 0.3 is 107 Å². The molecule has 0 saturated heterocycles. The van der Waals surface area contributed by atoms with E-state index < -0.39 is 107 Å². The van der Waals surface area contributed by atoms with Gasteiger partial charge in [0.05, 0.1) is 0 Å². The van der Waals surface area contributed by atoms with Gasteiger partial charge in [-0.15, -0.1) is 0 Å². The van der Waals surface area contributed by atoms with Crippen LogP contribution in [-0.4, -0.2) is 117 Å². The second kappa shape index (κ2) is 15.2. The molecule has 0 aromatic carbocycles. The van der Waals surface area contributed by atoms with Gasteiger partial charge in [0.2, 0.25) is 0 Å². The Hall–Kier alpha value is -3.52. The maximum absolute atomic E-state index is 13.0. The first-order valence-electron chi connectivity index (χ1n) is 11.3. The van der Waals surface area contributed by atoms with Gasteiger partial charge in [-0.2, -0.15) is 149 Å². The molecular formula is C18H8F34N2O4. The number of carboxylic acids is 2. The molecule has 0 aromatic rings. The highest BCUT2D eigenvalue weighted by Gasteiger charge is 2.97. The standard InChI is InChI=1S/2C9HF17O2.2H3N/c2*10-2(11,1(27)28)3(12,13)4(14,15)5(16,17)6(18,19)7(20,21)8(22,23)9(24,25)26;;/h2*(H,27,28);2*1H3. The van der Waals surface area contributed by atoms with Gasteiger partial charge in [0.1, 0.15) is 0 Å². The van der Waals surface area contributed by atoms with Gasteiger partial charge in [0, 0.05) is 0 Å². The Labute approximate surface area is 290 Å². The molecule has 8 N–H and O–H groups in total. The van der Waals surface area contributed by atoms with Crippen LogP contribution in [0.15, 0.2) is 0 Å². The van der Waals surface area contributed by atoms with Gasteiger partial charge in [0.25, 0.3) is 0 Å². The summed E-state index contributed by atoms with van der Waals surface area (Å²) in [5, 5.41) is 15.2. The summed E-state index contributed by atoms with van der Waals surface area (Å²) in [5.74, 6) is -126. The van der Waals surface area contributed by atoms with Gasteiger partial charge in [0.15, 0.2) is 0 Å². The Kier molecular flexibility index (Phi) is 16.0. The van der Waals surface area contributed by atoms with Crippen molar-refractivity contribution in [1.82, 2.24) is 12.3 Å². The van der Waals surface area contributed by atoms with Crippen molar-refractivity contribution in [2.24, 2.45) is 0 Å². The number of carbonyl (C=O) groups is 2. The number of rotatable bonds is 14. The van der Waals surface area contributed by atoms with Gasteiger partial charge in [-0.05, 0) is 0 Å². The number of halogens is 34. The lowest BCUT2D eigenvalue weighted by molar-refractivity contribution is -0.460. The largest absolute Gasteiger partial charge is 0.477 e. The third-order valence-corrected chi connectivity index (χ3v) is 5.98. The van der Waals surface area contributed by atoms with E-state index in [2.05, 4.69) is 0 Å². The molecule has 0 aliphatic carbocycles. The summed E-state index contributed by atoms with van der Waals surface area (Å²) < 4.78 is 428.